The Kier molecular flexibility index (Phi) is 4.01. The SMILES string of the molecule is COC(=O)c1cccc(COc2cccc3cnccc23)c1. The molecule has 0 radical (unpaired) electrons. The van der Waals surface area contributed by atoms with Crippen LogP contribution in [0.25, 0.3) is 10.8 Å². The van der Waals surface area contributed by atoms with Crippen molar-refractivity contribution in [1.29, 1.82) is 0 Å². The Labute approximate surface area is 128 Å². The molecule has 1 heterocycles. The van der Waals surface area contributed by atoms with E-state index < -0.39 is 0 Å². The molecular formula is C18H15NO3. The Balaban J connectivity index is 1.81. The van der Waals surface area contributed by atoms with Crippen LogP contribution in [0.5, 0.6) is 5.75 Å². The molecule has 0 aliphatic rings. The summed E-state index contributed by atoms with van der Waals surface area (Å²) in [5.74, 6) is 0.446. The minimum absolute atomic E-state index is 0.349. The van der Waals surface area contributed by atoms with E-state index in [-0.39, 0.29) is 5.97 Å². The van der Waals surface area contributed by atoms with E-state index in [2.05, 4.69) is 4.98 Å². The fraction of sp³-hybridized carbons (Fsp3) is 0.111. The van der Waals surface area contributed by atoms with Gasteiger partial charge in [-0.3, -0.25) is 4.98 Å². The summed E-state index contributed by atoms with van der Waals surface area (Å²) in [7, 11) is 1.37. The van der Waals surface area contributed by atoms with Crippen molar-refractivity contribution in [1.82, 2.24) is 4.98 Å². The molecule has 110 valence electrons. The van der Waals surface area contributed by atoms with E-state index in [0.29, 0.717) is 12.2 Å². The number of fused-ring (bicyclic) bond motifs is 1. The lowest BCUT2D eigenvalue weighted by Crippen LogP contribution is -2.03. The number of hydrogen-bond acceptors (Lipinski definition) is 4. The zero-order valence-corrected chi connectivity index (χ0v) is 12.2. The van der Waals surface area contributed by atoms with E-state index in [9.17, 15) is 4.79 Å². The van der Waals surface area contributed by atoms with Crippen LogP contribution >= 0.6 is 0 Å². The van der Waals surface area contributed by atoms with E-state index >= 15 is 0 Å². The number of rotatable bonds is 4. The molecule has 2 aromatic carbocycles. The Morgan fingerprint density at radius 1 is 1.14 bits per heavy atom. The summed E-state index contributed by atoms with van der Waals surface area (Å²) >= 11 is 0. The molecule has 0 N–H and O–H groups in total. The van der Waals surface area contributed by atoms with E-state index in [1.54, 1.807) is 24.5 Å². The Hall–Kier alpha value is -2.88. The van der Waals surface area contributed by atoms with Crippen molar-refractivity contribution < 1.29 is 14.3 Å². The second-order valence-electron chi connectivity index (χ2n) is 4.83. The fourth-order valence-corrected chi connectivity index (χ4v) is 2.29. The first-order valence-electron chi connectivity index (χ1n) is 6.91. The van der Waals surface area contributed by atoms with Gasteiger partial charge in [0.25, 0.3) is 0 Å². The number of ether oxygens (including phenoxy) is 2. The van der Waals surface area contributed by atoms with Crippen LogP contribution < -0.4 is 4.74 Å². The molecule has 22 heavy (non-hydrogen) atoms. The van der Waals surface area contributed by atoms with Crippen LogP contribution in [0, 0.1) is 0 Å². The molecule has 3 aromatic rings. The first-order valence-corrected chi connectivity index (χ1v) is 6.91. The minimum atomic E-state index is -0.349. The maximum absolute atomic E-state index is 11.5. The topological polar surface area (TPSA) is 48.4 Å². The standard InChI is InChI=1S/C18H15NO3/c1-21-18(20)14-5-2-4-13(10-14)12-22-17-7-3-6-15-11-19-9-8-16(15)17/h2-11H,12H2,1H3. The smallest absolute Gasteiger partial charge is 0.337 e. The maximum atomic E-state index is 11.5. The van der Waals surface area contributed by atoms with Crippen LogP contribution in [0.3, 0.4) is 0 Å². The number of benzene rings is 2. The second kappa shape index (κ2) is 6.26. The summed E-state index contributed by atoms with van der Waals surface area (Å²) in [4.78, 5) is 15.7. The molecule has 0 fully saturated rings. The van der Waals surface area contributed by atoms with Gasteiger partial charge in [-0.25, -0.2) is 4.79 Å². The van der Waals surface area contributed by atoms with Crippen molar-refractivity contribution >= 4 is 16.7 Å². The summed E-state index contributed by atoms with van der Waals surface area (Å²) in [6.45, 7) is 0.381. The molecule has 0 aliphatic carbocycles. The lowest BCUT2D eigenvalue weighted by atomic mass is 10.1. The van der Waals surface area contributed by atoms with Gasteiger partial charge in [-0.05, 0) is 29.8 Å². The van der Waals surface area contributed by atoms with Gasteiger partial charge in [0.1, 0.15) is 12.4 Å². The van der Waals surface area contributed by atoms with Gasteiger partial charge >= 0.3 is 5.97 Å². The van der Waals surface area contributed by atoms with Gasteiger partial charge in [-0.2, -0.15) is 0 Å². The van der Waals surface area contributed by atoms with E-state index in [4.69, 9.17) is 9.47 Å². The number of carbonyl (C=O) groups is 1. The van der Waals surface area contributed by atoms with Gasteiger partial charge in [-0.15, -0.1) is 0 Å². The summed E-state index contributed by atoms with van der Waals surface area (Å²) in [5.41, 5.74) is 1.43. The highest BCUT2D eigenvalue weighted by Crippen LogP contribution is 2.25. The lowest BCUT2D eigenvalue weighted by molar-refractivity contribution is 0.0600. The number of nitrogens with zero attached hydrogens (tertiary/aromatic N) is 1. The van der Waals surface area contributed by atoms with E-state index in [1.807, 2.05) is 36.4 Å². The zero-order chi connectivity index (χ0) is 15.4. The predicted molar refractivity (Wildman–Crippen MR) is 83.9 cm³/mol. The first kappa shape index (κ1) is 14.1. The monoisotopic (exact) mass is 293 g/mol. The summed E-state index contributed by atoms with van der Waals surface area (Å²) in [6, 6.07) is 15.0. The van der Waals surface area contributed by atoms with Crippen molar-refractivity contribution in [2.24, 2.45) is 0 Å². The number of carbonyl (C=O) groups excluding carboxylic acids is 1. The zero-order valence-electron chi connectivity index (χ0n) is 12.2. The van der Waals surface area contributed by atoms with Crippen LogP contribution in [0.15, 0.2) is 60.9 Å². The van der Waals surface area contributed by atoms with Gasteiger partial charge in [-0.1, -0.05) is 24.3 Å². The van der Waals surface area contributed by atoms with Crippen LogP contribution in [0.1, 0.15) is 15.9 Å². The van der Waals surface area contributed by atoms with Crippen molar-refractivity contribution in [2.45, 2.75) is 6.61 Å². The number of pyridine rings is 1. The Morgan fingerprint density at radius 2 is 2.00 bits per heavy atom. The molecule has 0 unspecified atom stereocenters. The summed E-state index contributed by atoms with van der Waals surface area (Å²) in [6.07, 6.45) is 3.55. The number of aromatic nitrogens is 1. The molecule has 0 bridgehead atoms. The molecule has 0 aliphatic heterocycles. The number of methoxy groups -OCH3 is 1. The largest absolute Gasteiger partial charge is 0.488 e. The third-order valence-electron chi connectivity index (χ3n) is 3.38. The van der Waals surface area contributed by atoms with Crippen molar-refractivity contribution in [2.75, 3.05) is 7.11 Å². The molecular weight excluding hydrogens is 278 g/mol. The highest BCUT2D eigenvalue weighted by atomic mass is 16.5. The Bertz CT molecular complexity index is 809. The molecule has 0 atom stereocenters. The summed E-state index contributed by atoms with van der Waals surface area (Å²) in [5, 5.41) is 2.05. The second-order valence-corrected chi connectivity index (χ2v) is 4.83. The van der Waals surface area contributed by atoms with Crippen LogP contribution in [-0.4, -0.2) is 18.1 Å². The molecule has 0 spiro atoms. The highest BCUT2D eigenvalue weighted by molar-refractivity contribution is 5.89. The highest BCUT2D eigenvalue weighted by Gasteiger charge is 2.07. The molecule has 0 saturated carbocycles. The van der Waals surface area contributed by atoms with E-state index in [1.165, 1.54) is 7.11 Å². The molecule has 4 nitrogen and oxygen atoms in total. The Morgan fingerprint density at radius 3 is 2.86 bits per heavy atom. The molecule has 3 rings (SSSR count). The third kappa shape index (κ3) is 2.91. The molecule has 1 aromatic heterocycles. The average molecular weight is 293 g/mol. The third-order valence-corrected chi connectivity index (χ3v) is 3.38. The molecule has 0 saturated heterocycles. The van der Waals surface area contributed by atoms with Gasteiger partial charge < -0.3 is 9.47 Å². The van der Waals surface area contributed by atoms with E-state index in [0.717, 1.165) is 22.1 Å². The van der Waals surface area contributed by atoms with Crippen LogP contribution in [0.4, 0.5) is 0 Å². The van der Waals surface area contributed by atoms with Crippen molar-refractivity contribution in [3.8, 4) is 5.75 Å². The van der Waals surface area contributed by atoms with Crippen LogP contribution in [0.2, 0.25) is 0 Å². The maximum Gasteiger partial charge on any atom is 0.337 e. The quantitative estimate of drug-likeness (QED) is 0.690. The number of esters is 1. The van der Waals surface area contributed by atoms with Crippen molar-refractivity contribution in [3.63, 3.8) is 0 Å². The first-order chi connectivity index (χ1) is 10.8. The lowest BCUT2D eigenvalue weighted by Gasteiger charge is -2.10. The number of hydrogen-bond donors (Lipinski definition) is 0. The predicted octanol–water partition coefficient (Wildman–Crippen LogP) is 3.60. The summed E-state index contributed by atoms with van der Waals surface area (Å²) < 4.78 is 10.6. The minimum Gasteiger partial charge on any atom is -0.488 e. The fourth-order valence-electron chi connectivity index (χ4n) is 2.29. The van der Waals surface area contributed by atoms with Crippen molar-refractivity contribution in [3.05, 3.63) is 72.1 Å². The van der Waals surface area contributed by atoms with Gasteiger partial charge in [0.05, 0.1) is 12.7 Å². The van der Waals surface area contributed by atoms with Gasteiger partial charge in [0, 0.05) is 23.2 Å². The molecule has 0 amide bonds. The van der Waals surface area contributed by atoms with Gasteiger partial charge in [0.2, 0.25) is 0 Å². The normalized spacial score (nSPS) is 10.4. The van der Waals surface area contributed by atoms with Crippen LogP contribution in [-0.2, 0) is 11.3 Å². The van der Waals surface area contributed by atoms with Gasteiger partial charge in [0.15, 0.2) is 0 Å². The average Bonchev–Trinajstić information content (AvgIpc) is 2.59. The molecule has 4 heteroatoms.